The van der Waals surface area contributed by atoms with Crippen LogP contribution in [-0.4, -0.2) is 54.3 Å². The number of carbonyl (C=O) groups is 2. The van der Waals surface area contributed by atoms with E-state index in [1.807, 2.05) is 31.2 Å². The summed E-state index contributed by atoms with van der Waals surface area (Å²) in [6, 6.07) is 7.63. The van der Waals surface area contributed by atoms with Gasteiger partial charge in [0.2, 0.25) is 5.91 Å². The third-order valence-electron chi connectivity index (χ3n) is 4.03. The molecule has 1 aliphatic heterocycles. The second-order valence-corrected chi connectivity index (χ2v) is 5.95. The maximum Gasteiger partial charge on any atom is 0.334 e. The van der Waals surface area contributed by atoms with E-state index in [2.05, 4.69) is 0 Å². The molecule has 0 bridgehead atoms. The molecule has 0 saturated carbocycles. The molecule has 1 aliphatic rings. The van der Waals surface area contributed by atoms with Gasteiger partial charge in [0, 0.05) is 13.0 Å². The molecular weight excluding hydrogens is 298 g/mol. The molecule has 2 unspecified atom stereocenters. The first-order valence-corrected chi connectivity index (χ1v) is 7.70. The first kappa shape index (κ1) is 17.3. The third-order valence-corrected chi connectivity index (χ3v) is 4.03. The van der Waals surface area contributed by atoms with E-state index >= 15 is 0 Å². The van der Waals surface area contributed by atoms with Crippen molar-refractivity contribution in [3.8, 4) is 5.75 Å². The summed E-state index contributed by atoms with van der Waals surface area (Å²) in [4.78, 5) is 25.2. The lowest BCUT2D eigenvalue weighted by Crippen LogP contribution is -2.51. The molecule has 0 aromatic heterocycles. The maximum absolute atomic E-state index is 12.5. The second-order valence-electron chi connectivity index (χ2n) is 5.95. The first-order chi connectivity index (χ1) is 10.9. The number of methoxy groups -OCH3 is 1. The van der Waals surface area contributed by atoms with Gasteiger partial charge in [0.25, 0.3) is 0 Å². The highest BCUT2D eigenvalue weighted by Crippen LogP contribution is 2.24. The van der Waals surface area contributed by atoms with Gasteiger partial charge in [-0.3, -0.25) is 4.79 Å². The fourth-order valence-electron chi connectivity index (χ4n) is 2.75. The molecule has 1 saturated heterocycles. The fourth-order valence-corrected chi connectivity index (χ4v) is 2.75. The van der Waals surface area contributed by atoms with Gasteiger partial charge in [-0.05, 0) is 30.5 Å². The number of carboxylic acids is 1. The Hall–Kier alpha value is -2.08. The van der Waals surface area contributed by atoms with Crippen LogP contribution in [0, 0.1) is 0 Å². The smallest absolute Gasteiger partial charge is 0.334 e. The molecule has 6 heteroatoms. The summed E-state index contributed by atoms with van der Waals surface area (Å²) in [6.07, 6.45) is -0.901. The van der Waals surface area contributed by atoms with E-state index in [4.69, 9.17) is 14.6 Å². The van der Waals surface area contributed by atoms with Gasteiger partial charge < -0.3 is 19.5 Å². The van der Waals surface area contributed by atoms with Crippen LogP contribution in [0.1, 0.15) is 31.7 Å². The Morgan fingerprint density at radius 3 is 2.83 bits per heavy atom. The average Bonchev–Trinajstić information content (AvgIpc) is 2.54. The van der Waals surface area contributed by atoms with Crippen molar-refractivity contribution in [3.05, 3.63) is 29.8 Å². The van der Waals surface area contributed by atoms with Crippen molar-refractivity contribution >= 4 is 11.9 Å². The highest BCUT2D eigenvalue weighted by molar-refractivity contribution is 5.79. The standard InChI is InChI=1S/C17H23NO5/c1-11(13-5-4-6-14(8-13)22-3)7-16(19)18-9-12(2)23-15(10-18)17(20)21/h4-6,8,11-12,15H,7,9-10H2,1-3H3,(H,20,21)/t11?,12-,15?/m1/s1. The van der Waals surface area contributed by atoms with E-state index in [-0.39, 0.29) is 24.5 Å². The van der Waals surface area contributed by atoms with Gasteiger partial charge in [-0.2, -0.15) is 0 Å². The molecule has 23 heavy (non-hydrogen) atoms. The molecular formula is C17H23NO5. The van der Waals surface area contributed by atoms with Crippen LogP contribution in [-0.2, 0) is 14.3 Å². The van der Waals surface area contributed by atoms with E-state index in [0.717, 1.165) is 11.3 Å². The summed E-state index contributed by atoms with van der Waals surface area (Å²) < 4.78 is 10.5. The molecule has 2 rings (SSSR count). The van der Waals surface area contributed by atoms with Crippen LogP contribution in [0.4, 0.5) is 0 Å². The Labute approximate surface area is 136 Å². The van der Waals surface area contributed by atoms with E-state index < -0.39 is 12.1 Å². The highest BCUT2D eigenvalue weighted by Gasteiger charge is 2.32. The number of benzene rings is 1. The summed E-state index contributed by atoms with van der Waals surface area (Å²) in [5.41, 5.74) is 1.02. The van der Waals surface area contributed by atoms with Gasteiger partial charge in [-0.15, -0.1) is 0 Å². The van der Waals surface area contributed by atoms with Crippen molar-refractivity contribution in [3.63, 3.8) is 0 Å². The second kappa shape index (κ2) is 7.46. The molecule has 1 fully saturated rings. The Balaban J connectivity index is 2.01. The SMILES string of the molecule is COc1cccc(C(C)CC(=O)N2CC(C(=O)O)O[C@H](C)C2)c1. The van der Waals surface area contributed by atoms with Gasteiger partial charge in [-0.25, -0.2) is 4.79 Å². The molecule has 6 nitrogen and oxygen atoms in total. The number of aliphatic carboxylic acids is 1. The minimum Gasteiger partial charge on any atom is -0.497 e. The van der Waals surface area contributed by atoms with Gasteiger partial charge in [0.1, 0.15) is 5.75 Å². The van der Waals surface area contributed by atoms with Crippen molar-refractivity contribution < 1.29 is 24.2 Å². The number of nitrogens with zero attached hydrogens (tertiary/aromatic N) is 1. The monoisotopic (exact) mass is 321 g/mol. The Bertz CT molecular complexity index is 574. The first-order valence-electron chi connectivity index (χ1n) is 7.70. The minimum atomic E-state index is -1.03. The van der Waals surface area contributed by atoms with Crippen molar-refractivity contribution in [2.45, 2.75) is 38.4 Å². The predicted molar refractivity (Wildman–Crippen MR) is 84.6 cm³/mol. The Morgan fingerprint density at radius 1 is 1.43 bits per heavy atom. The van der Waals surface area contributed by atoms with Crippen LogP contribution in [0.25, 0.3) is 0 Å². The van der Waals surface area contributed by atoms with Crippen LogP contribution in [0.15, 0.2) is 24.3 Å². The number of hydrogen-bond acceptors (Lipinski definition) is 4. The zero-order valence-electron chi connectivity index (χ0n) is 13.7. The summed E-state index contributed by atoms with van der Waals surface area (Å²) in [5, 5.41) is 9.10. The van der Waals surface area contributed by atoms with Crippen LogP contribution >= 0.6 is 0 Å². The molecule has 126 valence electrons. The zero-order chi connectivity index (χ0) is 17.0. The topological polar surface area (TPSA) is 76.1 Å². The maximum atomic E-state index is 12.5. The van der Waals surface area contributed by atoms with Gasteiger partial charge in [-0.1, -0.05) is 19.1 Å². The van der Waals surface area contributed by atoms with Crippen LogP contribution < -0.4 is 4.74 Å². The zero-order valence-corrected chi connectivity index (χ0v) is 13.7. The summed E-state index contributed by atoms with van der Waals surface area (Å²) >= 11 is 0. The van der Waals surface area contributed by atoms with E-state index in [9.17, 15) is 9.59 Å². The van der Waals surface area contributed by atoms with E-state index in [0.29, 0.717) is 13.0 Å². The molecule has 0 aliphatic carbocycles. The van der Waals surface area contributed by atoms with E-state index in [1.54, 1.807) is 18.9 Å². The largest absolute Gasteiger partial charge is 0.497 e. The average molecular weight is 321 g/mol. The quantitative estimate of drug-likeness (QED) is 0.896. The molecule has 1 N–H and O–H groups in total. The van der Waals surface area contributed by atoms with E-state index in [1.165, 1.54) is 0 Å². The lowest BCUT2D eigenvalue weighted by molar-refractivity contribution is -0.166. The van der Waals surface area contributed by atoms with Crippen molar-refractivity contribution in [2.75, 3.05) is 20.2 Å². The highest BCUT2D eigenvalue weighted by atomic mass is 16.5. The van der Waals surface area contributed by atoms with Crippen molar-refractivity contribution in [1.29, 1.82) is 0 Å². The molecule has 1 aromatic rings. The third kappa shape index (κ3) is 4.45. The van der Waals surface area contributed by atoms with Crippen molar-refractivity contribution in [2.24, 2.45) is 0 Å². The van der Waals surface area contributed by atoms with Crippen molar-refractivity contribution in [1.82, 2.24) is 4.90 Å². The van der Waals surface area contributed by atoms with Gasteiger partial charge in [0.15, 0.2) is 6.10 Å². The number of ether oxygens (including phenoxy) is 2. The number of carboxylic acid groups (broad SMARTS) is 1. The molecule has 1 aromatic carbocycles. The van der Waals surface area contributed by atoms with Gasteiger partial charge in [0.05, 0.1) is 19.8 Å². The van der Waals surface area contributed by atoms with Crippen LogP contribution in [0.2, 0.25) is 0 Å². The fraction of sp³-hybridized carbons (Fsp3) is 0.529. The molecule has 1 amide bonds. The summed E-state index contributed by atoms with van der Waals surface area (Å²) in [7, 11) is 1.61. The molecule has 0 radical (unpaired) electrons. The minimum absolute atomic E-state index is 0.0269. The Morgan fingerprint density at radius 2 is 2.17 bits per heavy atom. The lowest BCUT2D eigenvalue weighted by atomic mass is 9.96. The predicted octanol–water partition coefficient (Wildman–Crippen LogP) is 1.89. The normalized spacial score (nSPS) is 22.5. The van der Waals surface area contributed by atoms with Gasteiger partial charge >= 0.3 is 5.97 Å². The van der Waals surface area contributed by atoms with Crippen LogP contribution in [0.5, 0.6) is 5.75 Å². The number of carbonyl (C=O) groups excluding carboxylic acids is 1. The number of hydrogen-bond donors (Lipinski definition) is 1. The number of rotatable bonds is 5. The summed E-state index contributed by atoms with van der Waals surface area (Å²) in [5.74, 6) is -0.302. The molecule has 0 spiro atoms. The number of morpholine rings is 1. The summed E-state index contributed by atoms with van der Waals surface area (Å²) in [6.45, 7) is 4.28. The number of amides is 1. The lowest BCUT2D eigenvalue weighted by Gasteiger charge is -2.35. The van der Waals surface area contributed by atoms with Crippen LogP contribution in [0.3, 0.4) is 0 Å². The molecule has 1 heterocycles. The molecule has 3 atom stereocenters. The Kier molecular flexibility index (Phi) is 5.60.